The number of imide groups is 1. The zero-order valence-electron chi connectivity index (χ0n) is 9.60. The minimum Gasteiger partial charge on any atom is -0.320 e. The fourth-order valence-corrected chi connectivity index (χ4v) is 2.26. The number of hydrogen-bond acceptors (Lipinski definition) is 5. The van der Waals surface area contributed by atoms with Crippen LogP contribution in [0, 0.1) is 0 Å². The number of nitrogens with one attached hydrogen (secondary N) is 1. The van der Waals surface area contributed by atoms with Gasteiger partial charge in [-0.25, -0.2) is 8.42 Å². The first-order valence-corrected chi connectivity index (χ1v) is 7.11. The summed E-state index contributed by atoms with van der Waals surface area (Å²) in [4.78, 5) is 35.3. The maximum absolute atomic E-state index is 11.7. The minimum absolute atomic E-state index is 0.279. The minimum atomic E-state index is -3.47. The molecule has 1 unspecified atom stereocenters. The summed E-state index contributed by atoms with van der Waals surface area (Å²) in [6, 6.07) is -0.776. The van der Waals surface area contributed by atoms with Crippen molar-refractivity contribution in [2.75, 3.05) is 18.6 Å². The second kappa shape index (κ2) is 4.82. The summed E-state index contributed by atoms with van der Waals surface area (Å²) in [6.45, 7) is 1.40. The number of sulfone groups is 1. The SMILES string of the molecule is CCC1C(=O)NC(=O)CN1C(=O)CS(C)(=O)=O. The monoisotopic (exact) mass is 262 g/mol. The smallest absolute Gasteiger partial charge is 0.249 e. The first-order valence-electron chi connectivity index (χ1n) is 5.05. The molecule has 1 rings (SSSR count). The van der Waals surface area contributed by atoms with Gasteiger partial charge in [0, 0.05) is 6.26 Å². The molecule has 1 aliphatic heterocycles. The van der Waals surface area contributed by atoms with E-state index in [0.29, 0.717) is 6.42 Å². The van der Waals surface area contributed by atoms with Crippen molar-refractivity contribution in [2.24, 2.45) is 0 Å². The molecule has 1 atom stereocenters. The molecule has 0 saturated carbocycles. The van der Waals surface area contributed by atoms with Crippen LogP contribution in [0.3, 0.4) is 0 Å². The first kappa shape index (κ1) is 13.6. The second-order valence-corrected chi connectivity index (χ2v) is 6.07. The molecule has 96 valence electrons. The van der Waals surface area contributed by atoms with Gasteiger partial charge in [0.2, 0.25) is 17.7 Å². The van der Waals surface area contributed by atoms with Gasteiger partial charge >= 0.3 is 0 Å². The topological polar surface area (TPSA) is 101 Å². The Morgan fingerprint density at radius 1 is 1.47 bits per heavy atom. The van der Waals surface area contributed by atoms with Crippen molar-refractivity contribution in [3.05, 3.63) is 0 Å². The Hall–Kier alpha value is -1.44. The van der Waals surface area contributed by atoms with Crippen LogP contribution in [-0.2, 0) is 24.2 Å². The Balaban J connectivity index is 2.89. The summed E-state index contributed by atoms with van der Waals surface area (Å²) >= 11 is 0. The molecular weight excluding hydrogens is 248 g/mol. The Kier molecular flexibility index (Phi) is 3.87. The van der Waals surface area contributed by atoms with Crippen LogP contribution in [0.15, 0.2) is 0 Å². The third kappa shape index (κ3) is 3.52. The number of carbonyl (C=O) groups is 3. The molecule has 0 spiro atoms. The van der Waals surface area contributed by atoms with E-state index in [2.05, 4.69) is 5.32 Å². The molecule has 3 amide bonds. The molecular formula is C9H14N2O5S. The van der Waals surface area contributed by atoms with Gasteiger partial charge in [0.1, 0.15) is 18.3 Å². The van der Waals surface area contributed by atoms with Crippen molar-refractivity contribution >= 4 is 27.6 Å². The fraction of sp³-hybridized carbons (Fsp3) is 0.667. The van der Waals surface area contributed by atoms with E-state index in [1.54, 1.807) is 6.92 Å². The summed E-state index contributed by atoms with van der Waals surface area (Å²) in [6.07, 6.45) is 1.26. The molecule has 7 nitrogen and oxygen atoms in total. The van der Waals surface area contributed by atoms with Crippen LogP contribution >= 0.6 is 0 Å². The highest BCUT2D eigenvalue weighted by Gasteiger charge is 2.36. The summed E-state index contributed by atoms with van der Waals surface area (Å²) in [7, 11) is -3.47. The number of rotatable bonds is 3. The number of piperazine rings is 1. The highest BCUT2D eigenvalue weighted by atomic mass is 32.2. The summed E-state index contributed by atoms with van der Waals surface area (Å²) in [5.74, 6) is -2.57. The molecule has 0 aromatic rings. The third-order valence-corrected chi connectivity index (χ3v) is 3.12. The van der Waals surface area contributed by atoms with Crippen LogP contribution in [0.25, 0.3) is 0 Å². The molecule has 0 aromatic carbocycles. The summed E-state index contributed by atoms with van der Waals surface area (Å²) < 4.78 is 22.0. The number of hydrogen-bond donors (Lipinski definition) is 1. The Morgan fingerprint density at radius 3 is 2.53 bits per heavy atom. The quantitative estimate of drug-likeness (QED) is 0.611. The van der Waals surface area contributed by atoms with Crippen molar-refractivity contribution in [2.45, 2.75) is 19.4 Å². The van der Waals surface area contributed by atoms with Crippen LogP contribution in [-0.4, -0.2) is 55.6 Å². The van der Waals surface area contributed by atoms with E-state index in [9.17, 15) is 22.8 Å². The van der Waals surface area contributed by atoms with E-state index in [4.69, 9.17) is 0 Å². The van der Waals surface area contributed by atoms with Gasteiger partial charge in [-0.1, -0.05) is 6.92 Å². The van der Waals surface area contributed by atoms with E-state index < -0.39 is 39.4 Å². The van der Waals surface area contributed by atoms with Crippen molar-refractivity contribution in [3.63, 3.8) is 0 Å². The molecule has 1 saturated heterocycles. The van der Waals surface area contributed by atoms with Gasteiger partial charge in [-0.05, 0) is 6.42 Å². The highest BCUT2D eigenvalue weighted by molar-refractivity contribution is 7.91. The molecule has 8 heteroatoms. The van der Waals surface area contributed by atoms with Gasteiger partial charge in [-0.2, -0.15) is 0 Å². The molecule has 1 aliphatic rings. The third-order valence-electron chi connectivity index (χ3n) is 2.35. The molecule has 1 N–H and O–H groups in total. The molecule has 0 radical (unpaired) electrons. The molecule has 1 heterocycles. The Labute approximate surface area is 99.1 Å². The predicted molar refractivity (Wildman–Crippen MR) is 58.7 cm³/mol. The van der Waals surface area contributed by atoms with E-state index in [1.165, 1.54) is 0 Å². The van der Waals surface area contributed by atoms with Crippen molar-refractivity contribution in [1.82, 2.24) is 10.2 Å². The van der Waals surface area contributed by atoms with Gasteiger partial charge in [0.05, 0.1) is 0 Å². The molecule has 0 aliphatic carbocycles. The standard InChI is InChI=1S/C9H14N2O5S/c1-3-6-9(14)10-7(12)4-11(6)8(13)5-17(2,15)16/h6H,3-5H2,1-2H3,(H,10,12,14). The lowest BCUT2D eigenvalue weighted by molar-refractivity contribution is -0.148. The first-order chi connectivity index (χ1) is 7.74. The van der Waals surface area contributed by atoms with Gasteiger partial charge in [0.25, 0.3) is 0 Å². The fourth-order valence-electron chi connectivity index (χ4n) is 1.64. The predicted octanol–water partition coefficient (Wildman–Crippen LogP) is -1.71. The summed E-state index contributed by atoms with van der Waals surface area (Å²) in [5.41, 5.74) is 0. The van der Waals surface area contributed by atoms with Crippen molar-refractivity contribution < 1.29 is 22.8 Å². The van der Waals surface area contributed by atoms with Crippen LogP contribution in [0.1, 0.15) is 13.3 Å². The molecule has 17 heavy (non-hydrogen) atoms. The van der Waals surface area contributed by atoms with Crippen molar-refractivity contribution in [3.8, 4) is 0 Å². The van der Waals surface area contributed by atoms with Crippen molar-refractivity contribution in [1.29, 1.82) is 0 Å². The van der Waals surface area contributed by atoms with E-state index in [1.807, 2.05) is 0 Å². The zero-order chi connectivity index (χ0) is 13.2. The zero-order valence-corrected chi connectivity index (χ0v) is 10.4. The van der Waals surface area contributed by atoms with Gasteiger partial charge in [-0.3, -0.25) is 19.7 Å². The molecule has 1 fully saturated rings. The average molecular weight is 262 g/mol. The maximum atomic E-state index is 11.7. The van der Waals surface area contributed by atoms with Crippen LogP contribution < -0.4 is 5.32 Å². The lowest BCUT2D eigenvalue weighted by atomic mass is 10.1. The lowest BCUT2D eigenvalue weighted by Gasteiger charge is -2.33. The maximum Gasteiger partial charge on any atom is 0.249 e. The average Bonchev–Trinajstić information content (AvgIpc) is 2.13. The number of amides is 3. The number of nitrogens with zero attached hydrogens (tertiary/aromatic N) is 1. The van der Waals surface area contributed by atoms with E-state index in [0.717, 1.165) is 11.2 Å². The van der Waals surface area contributed by atoms with E-state index in [-0.39, 0.29) is 6.54 Å². The van der Waals surface area contributed by atoms with Crippen LogP contribution in [0.5, 0.6) is 0 Å². The molecule has 0 aromatic heterocycles. The highest BCUT2D eigenvalue weighted by Crippen LogP contribution is 2.10. The molecule has 0 bridgehead atoms. The summed E-state index contributed by atoms with van der Waals surface area (Å²) in [5, 5.41) is 2.11. The van der Waals surface area contributed by atoms with Gasteiger partial charge in [0.15, 0.2) is 9.84 Å². The normalized spacial score (nSPS) is 21.3. The Morgan fingerprint density at radius 2 is 2.06 bits per heavy atom. The van der Waals surface area contributed by atoms with Gasteiger partial charge in [-0.15, -0.1) is 0 Å². The van der Waals surface area contributed by atoms with Gasteiger partial charge < -0.3 is 4.90 Å². The largest absolute Gasteiger partial charge is 0.320 e. The Bertz CT molecular complexity index is 456. The van der Waals surface area contributed by atoms with Crippen LogP contribution in [0.2, 0.25) is 0 Å². The van der Waals surface area contributed by atoms with Crippen LogP contribution in [0.4, 0.5) is 0 Å². The van der Waals surface area contributed by atoms with E-state index >= 15 is 0 Å². The number of carbonyl (C=O) groups excluding carboxylic acids is 3. The lowest BCUT2D eigenvalue weighted by Crippen LogP contribution is -2.60. The second-order valence-electron chi connectivity index (χ2n) is 3.93.